The lowest BCUT2D eigenvalue weighted by atomic mass is 10.1. The van der Waals surface area contributed by atoms with Crippen molar-refractivity contribution in [2.75, 3.05) is 20.1 Å². The van der Waals surface area contributed by atoms with Crippen LogP contribution in [0.25, 0.3) is 0 Å². The molecule has 0 atom stereocenters. The van der Waals surface area contributed by atoms with Gasteiger partial charge in [-0.1, -0.05) is 13.8 Å². The summed E-state index contributed by atoms with van der Waals surface area (Å²) in [6, 6.07) is 4.64. The summed E-state index contributed by atoms with van der Waals surface area (Å²) in [4.78, 5) is 25.2. The fourth-order valence-corrected chi connectivity index (χ4v) is 1.67. The van der Waals surface area contributed by atoms with E-state index in [0.717, 1.165) is 0 Å². The highest BCUT2D eigenvalue weighted by Gasteiger charge is 2.15. The van der Waals surface area contributed by atoms with E-state index in [1.807, 2.05) is 13.8 Å². The van der Waals surface area contributed by atoms with Crippen LogP contribution in [0, 0.1) is 12.8 Å². The van der Waals surface area contributed by atoms with Crippen molar-refractivity contribution in [2.24, 2.45) is 5.92 Å². The number of carbonyl (C=O) groups excluding carboxylic acids is 2. The molecule has 1 rings (SSSR count). The first-order valence-electron chi connectivity index (χ1n) is 6.63. The Morgan fingerprint density at radius 3 is 2.55 bits per heavy atom. The van der Waals surface area contributed by atoms with Crippen LogP contribution >= 0.6 is 0 Å². The molecular weight excluding hydrogens is 256 g/mol. The topological polar surface area (TPSA) is 69.6 Å². The molecule has 0 fully saturated rings. The Labute approximate surface area is 119 Å². The van der Waals surface area contributed by atoms with E-state index in [1.54, 1.807) is 26.1 Å². The monoisotopic (exact) mass is 278 g/mol. The molecule has 0 saturated heterocycles. The van der Waals surface area contributed by atoms with Crippen molar-refractivity contribution in [1.29, 1.82) is 0 Å². The van der Waals surface area contributed by atoms with Crippen molar-refractivity contribution >= 4 is 11.8 Å². The van der Waals surface area contributed by atoms with Gasteiger partial charge in [0.2, 0.25) is 5.91 Å². The van der Waals surface area contributed by atoms with Gasteiger partial charge in [-0.15, -0.1) is 0 Å². The second-order valence-corrected chi connectivity index (χ2v) is 5.36. The van der Waals surface area contributed by atoms with Crippen molar-refractivity contribution in [2.45, 2.75) is 20.8 Å². The van der Waals surface area contributed by atoms with Gasteiger partial charge in [0.25, 0.3) is 5.91 Å². The highest BCUT2D eigenvalue weighted by molar-refractivity contribution is 5.96. The molecule has 0 aliphatic heterocycles. The predicted octanol–water partition coefficient (Wildman–Crippen LogP) is 1.54. The fraction of sp³-hybridized carbons (Fsp3) is 0.467. The first-order chi connectivity index (χ1) is 9.31. The predicted molar refractivity (Wildman–Crippen MR) is 77.7 cm³/mol. The normalized spacial score (nSPS) is 10.4. The van der Waals surface area contributed by atoms with Crippen molar-refractivity contribution in [3.63, 3.8) is 0 Å². The number of rotatable bonds is 5. The number of nitrogens with zero attached hydrogens (tertiary/aromatic N) is 1. The summed E-state index contributed by atoms with van der Waals surface area (Å²) in [6.45, 7) is 6.36. The van der Waals surface area contributed by atoms with Gasteiger partial charge in [-0.05, 0) is 36.6 Å². The molecule has 0 aliphatic carbocycles. The molecule has 0 radical (unpaired) electrons. The number of phenolic OH excluding ortho intramolecular Hbond substituents is 1. The molecule has 0 aromatic heterocycles. The summed E-state index contributed by atoms with van der Waals surface area (Å²) < 4.78 is 0. The molecule has 0 saturated carbocycles. The Morgan fingerprint density at radius 1 is 1.35 bits per heavy atom. The summed E-state index contributed by atoms with van der Waals surface area (Å²) in [5.74, 6) is 0.108. The number of hydrogen-bond donors (Lipinski definition) is 2. The first kappa shape index (κ1) is 16.0. The van der Waals surface area contributed by atoms with Crippen LogP contribution in [-0.4, -0.2) is 42.0 Å². The van der Waals surface area contributed by atoms with Gasteiger partial charge in [-0.2, -0.15) is 0 Å². The molecular formula is C15H22N2O3. The van der Waals surface area contributed by atoms with Gasteiger partial charge in [-0.3, -0.25) is 9.59 Å². The third-order valence-electron chi connectivity index (χ3n) is 2.88. The van der Waals surface area contributed by atoms with Crippen molar-refractivity contribution in [3.8, 4) is 5.75 Å². The van der Waals surface area contributed by atoms with Crippen LogP contribution in [0.4, 0.5) is 0 Å². The second kappa shape index (κ2) is 6.93. The lowest BCUT2D eigenvalue weighted by Gasteiger charge is -2.17. The van der Waals surface area contributed by atoms with E-state index >= 15 is 0 Å². The molecule has 110 valence electrons. The number of phenols is 1. The number of benzene rings is 1. The molecule has 5 nitrogen and oxygen atoms in total. The van der Waals surface area contributed by atoms with Gasteiger partial charge in [0.15, 0.2) is 0 Å². The Morgan fingerprint density at radius 2 is 2.00 bits per heavy atom. The zero-order chi connectivity index (χ0) is 15.3. The van der Waals surface area contributed by atoms with Gasteiger partial charge in [-0.25, -0.2) is 0 Å². The smallest absolute Gasteiger partial charge is 0.254 e. The van der Waals surface area contributed by atoms with E-state index in [-0.39, 0.29) is 24.1 Å². The van der Waals surface area contributed by atoms with Crippen LogP contribution in [0.5, 0.6) is 5.75 Å². The first-order valence-corrected chi connectivity index (χ1v) is 6.63. The number of hydrogen-bond acceptors (Lipinski definition) is 3. The molecule has 0 aliphatic rings. The number of likely N-dealkylation sites (N-methyl/N-ethyl adjacent to an activating group) is 1. The summed E-state index contributed by atoms with van der Waals surface area (Å²) in [5, 5.41) is 12.2. The van der Waals surface area contributed by atoms with Crippen molar-refractivity contribution in [1.82, 2.24) is 10.2 Å². The maximum absolute atomic E-state index is 12.1. The molecule has 2 amide bonds. The minimum Gasteiger partial charge on any atom is -0.508 e. The van der Waals surface area contributed by atoms with E-state index in [4.69, 9.17) is 0 Å². The van der Waals surface area contributed by atoms with Crippen molar-refractivity contribution < 1.29 is 14.7 Å². The van der Waals surface area contributed by atoms with E-state index in [2.05, 4.69) is 5.32 Å². The summed E-state index contributed by atoms with van der Waals surface area (Å²) >= 11 is 0. The van der Waals surface area contributed by atoms with E-state index in [1.165, 1.54) is 11.0 Å². The second-order valence-electron chi connectivity index (χ2n) is 5.36. The van der Waals surface area contributed by atoms with Gasteiger partial charge in [0.1, 0.15) is 5.75 Å². The molecule has 1 aromatic rings. The van der Waals surface area contributed by atoms with Crippen LogP contribution < -0.4 is 5.32 Å². The maximum Gasteiger partial charge on any atom is 0.254 e. The molecule has 5 heteroatoms. The van der Waals surface area contributed by atoms with E-state index < -0.39 is 0 Å². The van der Waals surface area contributed by atoms with Crippen LogP contribution in [0.15, 0.2) is 18.2 Å². The number of carbonyl (C=O) groups is 2. The fourth-order valence-electron chi connectivity index (χ4n) is 1.67. The lowest BCUT2D eigenvalue weighted by Crippen LogP contribution is -2.39. The van der Waals surface area contributed by atoms with Crippen LogP contribution in [-0.2, 0) is 4.79 Å². The van der Waals surface area contributed by atoms with Crippen LogP contribution in [0.3, 0.4) is 0 Å². The van der Waals surface area contributed by atoms with Crippen LogP contribution in [0.1, 0.15) is 29.8 Å². The molecule has 0 spiro atoms. The molecule has 0 bridgehead atoms. The molecule has 0 unspecified atom stereocenters. The largest absolute Gasteiger partial charge is 0.508 e. The standard InChI is InChI=1S/C15H22N2O3/c1-10(2)8-16-14(19)9-17(4)15(20)12-5-6-13(18)11(3)7-12/h5-7,10,18H,8-9H2,1-4H3,(H,16,19). The summed E-state index contributed by atoms with van der Waals surface area (Å²) in [5.41, 5.74) is 1.09. The third-order valence-corrected chi connectivity index (χ3v) is 2.88. The lowest BCUT2D eigenvalue weighted by molar-refractivity contribution is -0.121. The van der Waals surface area contributed by atoms with Gasteiger partial charge >= 0.3 is 0 Å². The Balaban J connectivity index is 2.62. The quantitative estimate of drug-likeness (QED) is 0.858. The zero-order valence-electron chi connectivity index (χ0n) is 12.4. The minimum atomic E-state index is -0.243. The Hall–Kier alpha value is -2.04. The number of amides is 2. The average molecular weight is 278 g/mol. The zero-order valence-corrected chi connectivity index (χ0v) is 12.4. The van der Waals surface area contributed by atoms with Crippen molar-refractivity contribution in [3.05, 3.63) is 29.3 Å². The molecule has 0 heterocycles. The SMILES string of the molecule is Cc1cc(C(=O)N(C)CC(=O)NCC(C)C)ccc1O. The minimum absolute atomic E-state index is 0.0193. The van der Waals surface area contributed by atoms with E-state index in [9.17, 15) is 14.7 Å². The van der Waals surface area contributed by atoms with Gasteiger partial charge in [0.05, 0.1) is 6.54 Å². The average Bonchev–Trinajstić information content (AvgIpc) is 2.38. The third kappa shape index (κ3) is 4.57. The summed E-state index contributed by atoms with van der Waals surface area (Å²) in [7, 11) is 1.58. The summed E-state index contributed by atoms with van der Waals surface area (Å²) in [6.07, 6.45) is 0. The maximum atomic E-state index is 12.1. The number of aromatic hydroxyl groups is 1. The molecule has 2 N–H and O–H groups in total. The van der Waals surface area contributed by atoms with Crippen LogP contribution in [0.2, 0.25) is 0 Å². The molecule has 20 heavy (non-hydrogen) atoms. The Bertz CT molecular complexity index is 498. The highest BCUT2D eigenvalue weighted by Crippen LogP contribution is 2.17. The van der Waals surface area contributed by atoms with E-state index in [0.29, 0.717) is 23.6 Å². The van der Waals surface area contributed by atoms with Gasteiger partial charge in [0, 0.05) is 19.2 Å². The Kier molecular flexibility index (Phi) is 5.55. The number of nitrogens with one attached hydrogen (secondary N) is 1. The highest BCUT2D eigenvalue weighted by atomic mass is 16.3. The number of aryl methyl sites for hydroxylation is 1. The van der Waals surface area contributed by atoms with Gasteiger partial charge < -0.3 is 15.3 Å². The molecule has 1 aromatic carbocycles.